The second kappa shape index (κ2) is 9.20. The van der Waals surface area contributed by atoms with E-state index in [0.717, 1.165) is 31.7 Å². The predicted molar refractivity (Wildman–Crippen MR) is 75.5 cm³/mol. The van der Waals surface area contributed by atoms with Crippen LogP contribution in [0.4, 0.5) is 0 Å². The highest BCUT2D eigenvalue weighted by molar-refractivity contribution is 6.30. The van der Waals surface area contributed by atoms with E-state index < -0.39 is 0 Å². The summed E-state index contributed by atoms with van der Waals surface area (Å²) in [4.78, 5) is 0. The molecule has 0 aromatic heterocycles. The lowest BCUT2D eigenvalue weighted by Crippen LogP contribution is -2.34. The van der Waals surface area contributed by atoms with Crippen LogP contribution < -0.4 is 10.1 Å². The van der Waals surface area contributed by atoms with Gasteiger partial charge in [0.05, 0.1) is 0 Å². The monoisotopic (exact) mass is 271 g/mol. The third-order valence-corrected chi connectivity index (χ3v) is 2.88. The van der Waals surface area contributed by atoms with Crippen LogP contribution in [0.1, 0.15) is 19.8 Å². The Morgan fingerprint density at radius 2 is 2.22 bits per heavy atom. The van der Waals surface area contributed by atoms with Crippen LogP contribution in [0.15, 0.2) is 24.3 Å². The van der Waals surface area contributed by atoms with Gasteiger partial charge in [-0.2, -0.15) is 0 Å². The van der Waals surface area contributed by atoms with Gasteiger partial charge in [0, 0.05) is 24.8 Å². The Kier molecular flexibility index (Phi) is 7.81. The number of nitrogens with one attached hydrogen (secondary N) is 1. The fourth-order valence-corrected chi connectivity index (χ4v) is 1.94. The molecule has 0 saturated carbocycles. The lowest BCUT2D eigenvalue weighted by molar-refractivity contribution is 0.181. The largest absolute Gasteiger partial charge is 0.492 e. The maximum atomic E-state index is 5.91. The molecule has 0 aliphatic carbocycles. The van der Waals surface area contributed by atoms with Crippen LogP contribution in [-0.2, 0) is 4.74 Å². The van der Waals surface area contributed by atoms with Crippen molar-refractivity contribution in [2.45, 2.75) is 25.8 Å². The predicted octanol–water partition coefficient (Wildman–Crippen LogP) is 3.12. The van der Waals surface area contributed by atoms with Crippen molar-refractivity contribution in [3.05, 3.63) is 29.3 Å². The van der Waals surface area contributed by atoms with Crippen LogP contribution in [0.25, 0.3) is 0 Å². The van der Waals surface area contributed by atoms with Crippen LogP contribution in [0.5, 0.6) is 5.75 Å². The number of benzene rings is 1. The van der Waals surface area contributed by atoms with E-state index in [1.54, 1.807) is 7.11 Å². The maximum Gasteiger partial charge on any atom is 0.120 e. The van der Waals surface area contributed by atoms with Crippen LogP contribution in [-0.4, -0.2) is 32.9 Å². The number of hydrogen-bond donors (Lipinski definition) is 1. The molecule has 0 radical (unpaired) electrons. The number of halogens is 1. The molecule has 18 heavy (non-hydrogen) atoms. The van der Waals surface area contributed by atoms with Crippen molar-refractivity contribution in [1.29, 1.82) is 0 Å². The molecule has 0 saturated heterocycles. The molecule has 1 rings (SSSR count). The number of rotatable bonds is 9. The molecule has 102 valence electrons. The first-order valence-electron chi connectivity index (χ1n) is 6.37. The molecule has 0 aliphatic heterocycles. The van der Waals surface area contributed by atoms with Crippen molar-refractivity contribution in [2.75, 3.05) is 26.9 Å². The second-order valence-corrected chi connectivity index (χ2v) is 4.59. The molecular weight excluding hydrogens is 250 g/mol. The Labute approximate surface area is 114 Å². The van der Waals surface area contributed by atoms with Gasteiger partial charge in [0.15, 0.2) is 0 Å². The summed E-state index contributed by atoms with van der Waals surface area (Å²) in [6.07, 6.45) is 2.08. The van der Waals surface area contributed by atoms with Crippen LogP contribution in [0.2, 0.25) is 5.02 Å². The molecule has 0 amide bonds. The van der Waals surface area contributed by atoms with Gasteiger partial charge in [-0.3, -0.25) is 0 Å². The summed E-state index contributed by atoms with van der Waals surface area (Å²) in [5, 5.41) is 4.11. The van der Waals surface area contributed by atoms with Crippen LogP contribution in [0, 0.1) is 0 Å². The quantitative estimate of drug-likeness (QED) is 0.700. The van der Waals surface area contributed by atoms with E-state index in [1.807, 2.05) is 24.3 Å². The molecule has 0 aliphatic rings. The van der Waals surface area contributed by atoms with E-state index in [0.29, 0.717) is 17.7 Å². The molecule has 4 heteroatoms. The van der Waals surface area contributed by atoms with Gasteiger partial charge in [-0.05, 0) is 37.6 Å². The fraction of sp³-hybridized carbons (Fsp3) is 0.571. The summed E-state index contributed by atoms with van der Waals surface area (Å²) in [5.41, 5.74) is 0. The molecule has 1 atom stereocenters. The third-order valence-electron chi connectivity index (χ3n) is 2.64. The minimum absolute atomic E-state index is 0.351. The van der Waals surface area contributed by atoms with E-state index >= 15 is 0 Å². The number of ether oxygens (including phenoxy) is 2. The van der Waals surface area contributed by atoms with Crippen molar-refractivity contribution >= 4 is 11.6 Å². The highest BCUT2D eigenvalue weighted by atomic mass is 35.5. The second-order valence-electron chi connectivity index (χ2n) is 4.16. The molecule has 1 aromatic carbocycles. The Hall–Kier alpha value is -0.770. The standard InChI is InChI=1S/C14H22ClNO2/c1-3-16-13(7-5-9-17-2)11-18-14-8-4-6-12(15)10-14/h4,6,8,10,13,16H,3,5,7,9,11H2,1-2H3. The number of methoxy groups -OCH3 is 1. The Morgan fingerprint density at radius 3 is 2.89 bits per heavy atom. The van der Waals surface area contributed by atoms with Crippen LogP contribution in [0.3, 0.4) is 0 Å². The zero-order valence-electron chi connectivity index (χ0n) is 11.1. The molecule has 3 nitrogen and oxygen atoms in total. The highest BCUT2D eigenvalue weighted by Crippen LogP contribution is 2.17. The first-order chi connectivity index (χ1) is 8.76. The third kappa shape index (κ3) is 6.24. The van der Waals surface area contributed by atoms with Gasteiger partial charge in [0.25, 0.3) is 0 Å². The normalized spacial score (nSPS) is 12.4. The molecular formula is C14H22ClNO2. The first kappa shape index (κ1) is 15.3. The van der Waals surface area contributed by atoms with Crippen molar-refractivity contribution in [2.24, 2.45) is 0 Å². The van der Waals surface area contributed by atoms with E-state index in [4.69, 9.17) is 21.1 Å². The number of likely N-dealkylation sites (N-methyl/N-ethyl adjacent to an activating group) is 1. The van der Waals surface area contributed by atoms with Gasteiger partial charge in [0.1, 0.15) is 12.4 Å². The van der Waals surface area contributed by atoms with Crippen LogP contribution >= 0.6 is 11.6 Å². The molecule has 1 aromatic rings. The van der Waals surface area contributed by atoms with Gasteiger partial charge in [0.2, 0.25) is 0 Å². The Morgan fingerprint density at radius 1 is 1.39 bits per heavy atom. The topological polar surface area (TPSA) is 30.5 Å². The molecule has 1 unspecified atom stereocenters. The van der Waals surface area contributed by atoms with Crippen molar-refractivity contribution in [3.63, 3.8) is 0 Å². The maximum absolute atomic E-state index is 5.91. The fourth-order valence-electron chi connectivity index (χ4n) is 1.76. The first-order valence-corrected chi connectivity index (χ1v) is 6.74. The summed E-state index contributed by atoms with van der Waals surface area (Å²) >= 11 is 5.91. The average molecular weight is 272 g/mol. The SMILES string of the molecule is CCNC(CCCOC)COc1cccc(Cl)c1. The summed E-state index contributed by atoms with van der Waals surface area (Å²) in [6.45, 7) is 4.48. The van der Waals surface area contributed by atoms with Crippen molar-refractivity contribution in [1.82, 2.24) is 5.32 Å². The molecule has 1 N–H and O–H groups in total. The van der Waals surface area contributed by atoms with Crippen molar-refractivity contribution in [3.8, 4) is 5.75 Å². The van der Waals surface area contributed by atoms with Gasteiger partial charge >= 0.3 is 0 Å². The Bertz CT molecular complexity index is 333. The van der Waals surface area contributed by atoms with Crippen molar-refractivity contribution < 1.29 is 9.47 Å². The Balaban J connectivity index is 2.36. The molecule has 0 spiro atoms. The minimum Gasteiger partial charge on any atom is -0.492 e. The lowest BCUT2D eigenvalue weighted by atomic mass is 10.1. The van der Waals surface area contributed by atoms with Gasteiger partial charge in [-0.25, -0.2) is 0 Å². The van der Waals surface area contributed by atoms with E-state index in [-0.39, 0.29) is 0 Å². The highest BCUT2D eigenvalue weighted by Gasteiger charge is 2.08. The molecule has 0 bridgehead atoms. The smallest absolute Gasteiger partial charge is 0.120 e. The minimum atomic E-state index is 0.351. The van der Waals surface area contributed by atoms with E-state index in [1.165, 1.54) is 0 Å². The summed E-state index contributed by atoms with van der Waals surface area (Å²) in [5.74, 6) is 0.817. The van der Waals surface area contributed by atoms with Gasteiger partial charge < -0.3 is 14.8 Å². The summed E-state index contributed by atoms with van der Waals surface area (Å²) in [7, 11) is 1.73. The molecule has 0 fully saturated rings. The number of hydrogen-bond acceptors (Lipinski definition) is 3. The van der Waals surface area contributed by atoms with Gasteiger partial charge in [-0.1, -0.05) is 24.6 Å². The summed E-state index contributed by atoms with van der Waals surface area (Å²) in [6, 6.07) is 7.84. The zero-order chi connectivity index (χ0) is 13.2. The zero-order valence-corrected chi connectivity index (χ0v) is 11.9. The van der Waals surface area contributed by atoms with E-state index in [9.17, 15) is 0 Å². The van der Waals surface area contributed by atoms with E-state index in [2.05, 4.69) is 12.2 Å². The average Bonchev–Trinajstić information content (AvgIpc) is 2.36. The summed E-state index contributed by atoms with van der Waals surface area (Å²) < 4.78 is 10.8. The lowest BCUT2D eigenvalue weighted by Gasteiger charge is -2.18. The molecule has 0 heterocycles. The van der Waals surface area contributed by atoms with Gasteiger partial charge in [-0.15, -0.1) is 0 Å².